The summed E-state index contributed by atoms with van der Waals surface area (Å²) in [4.78, 5) is 153. The number of hydrogen-bond acceptors (Lipinski definition) is 14. The summed E-state index contributed by atoms with van der Waals surface area (Å²) in [5.74, 6) is -3.90. The fraction of sp³-hybridized carbons (Fsp3) is 0.349. The average molecular weight is 1470 g/mol. The number of esters is 1. The molecule has 23 heteroatoms. The number of nitrogens with zero attached hydrogens (tertiary/aromatic N) is 5. The molecule has 3 aliphatic heterocycles. The van der Waals surface area contributed by atoms with Gasteiger partial charge in [-0.2, -0.15) is 0 Å². The molecule has 1 fully saturated rings. The van der Waals surface area contributed by atoms with Gasteiger partial charge in [0.25, 0.3) is 11.8 Å². The summed E-state index contributed by atoms with van der Waals surface area (Å²) >= 11 is 0. The molecule has 7 amide bonds. The lowest BCUT2D eigenvalue weighted by molar-refractivity contribution is -0.197. The first-order chi connectivity index (χ1) is 51.7. The number of aromatic nitrogens is 6. The third-order valence-electron chi connectivity index (χ3n) is 19.0. The largest absolute Gasteiger partial charge is 0.459 e. The Bertz CT molecular complexity index is 5120. The van der Waals surface area contributed by atoms with E-state index in [1.54, 1.807) is 45.2 Å². The number of aromatic amines is 2. The van der Waals surface area contributed by atoms with Crippen molar-refractivity contribution in [1.82, 2.24) is 39.9 Å². The van der Waals surface area contributed by atoms with Gasteiger partial charge in [0.1, 0.15) is 18.5 Å². The van der Waals surface area contributed by atoms with Crippen LogP contribution in [0, 0.1) is 28.6 Å². The van der Waals surface area contributed by atoms with Crippen molar-refractivity contribution in [3.8, 4) is 44.5 Å². The van der Waals surface area contributed by atoms with E-state index in [9.17, 15) is 38.4 Å². The summed E-state index contributed by atoms with van der Waals surface area (Å²) in [5, 5.41) is 16.1. The maximum absolute atomic E-state index is 15.2. The number of rotatable bonds is 24. The number of imide groups is 1. The van der Waals surface area contributed by atoms with Crippen LogP contribution in [0.3, 0.4) is 0 Å². The number of nitrogens with one attached hydrogen (secondary N) is 7. The summed E-state index contributed by atoms with van der Waals surface area (Å²) < 4.78 is 8.55. The van der Waals surface area contributed by atoms with Gasteiger partial charge >= 0.3 is 11.9 Å². The molecular formula is C86H96N12O11. The molecule has 23 nitrogen and oxygen atoms in total. The number of aryl methyl sites for hydroxylation is 2. The van der Waals surface area contributed by atoms with Crippen LogP contribution in [0.4, 0.5) is 22.7 Å². The molecule has 109 heavy (non-hydrogen) atoms. The monoisotopic (exact) mass is 1470 g/mol. The number of H-pyrrole nitrogens is 2. The molecule has 0 spiro atoms. The number of hydrogen-bond donors (Lipinski definition) is 7. The minimum atomic E-state index is -1.46. The molecule has 8 aromatic rings. The molecular weight excluding hydrogens is 1380 g/mol. The second-order valence-corrected chi connectivity index (χ2v) is 31.8. The Labute approximate surface area is 634 Å². The number of fused-ring (bicyclic) bond motifs is 8. The van der Waals surface area contributed by atoms with Gasteiger partial charge in [-0.25, -0.2) is 24.5 Å². The molecule has 0 radical (unpaired) electrons. The number of amides is 7. The van der Waals surface area contributed by atoms with Crippen molar-refractivity contribution in [1.29, 1.82) is 0 Å². The predicted molar refractivity (Wildman–Crippen MR) is 426 cm³/mol. The van der Waals surface area contributed by atoms with E-state index in [1.165, 1.54) is 0 Å². The van der Waals surface area contributed by atoms with Crippen LogP contribution in [-0.4, -0.2) is 93.9 Å². The van der Waals surface area contributed by atoms with Crippen LogP contribution in [0.25, 0.3) is 90.9 Å². The molecule has 4 aromatic heterocycles. The van der Waals surface area contributed by atoms with Crippen molar-refractivity contribution in [3.63, 3.8) is 0 Å². The summed E-state index contributed by atoms with van der Waals surface area (Å²) in [7, 11) is 0. The number of hydroxylamine groups is 2. The van der Waals surface area contributed by atoms with E-state index >= 15 is 4.79 Å². The normalized spacial score (nSPS) is 13.3. The van der Waals surface area contributed by atoms with E-state index in [1.807, 2.05) is 197 Å². The highest BCUT2D eigenvalue weighted by Gasteiger charge is 2.35. The zero-order valence-corrected chi connectivity index (χ0v) is 64.2. The number of para-hydroxylation sites is 4. The van der Waals surface area contributed by atoms with E-state index < -0.39 is 70.4 Å². The van der Waals surface area contributed by atoms with Crippen molar-refractivity contribution in [2.45, 2.75) is 173 Å². The number of imidazole rings is 1. The number of carbonyl (C=O) groups excluding carboxylic acids is 9. The fourth-order valence-corrected chi connectivity index (χ4v) is 12.7. The molecule has 8 bridgehead atoms. The van der Waals surface area contributed by atoms with Crippen LogP contribution < -0.4 is 26.6 Å². The standard InChI is InChI=1S/C86H96N12O11/c1-51-87-46-48-97(51)47-26-16-14-15-17-35-69(99)91-67(42-45-72(102)109-98-70(100)43-44-71(98)101)78(103)108-50-52-49-68-75(55-29-20-24-33-59(55)95-81(106)85(8,9)10)65-39-38-63(89-65)73(53-27-18-22-31-57(53)93-79(104)83(2,3)4)61-36-37-62(88-61)74(54-28-19-23-32-58(54)94-80(105)84(5,6)7)64-40-41-66(90-64)76(77(52)92-68)56-30-21-25-34-60(56)96-82(107)86(11,12)13/h18-25,27-34,36-41,46,48-49,67,88,92H,14-17,26,35,42-45,47,50H2,1-13H3,(H,91,99)(H,93,104)(H,94,105)(H,95,106)(H,96,107)/t67-/m0/s1. The van der Waals surface area contributed by atoms with Gasteiger partial charge in [0, 0.05) is 149 Å². The first-order valence-corrected chi connectivity index (χ1v) is 37.0. The van der Waals surface area contributed by atoms with Crippen LogP contribution in [0.15, 0.2) is 128 Å². The number of ether oxygens (including phenoxy) is 1. The first-order valence-electron chi connectivity index (χ1n) is 37.0. The van der Waals surface area contributed by atoms with Gasteiger partial charge < -0.3 is 50.7 Å². The lowest BCUT2D eigenvalue weighted by Crippen LogP contribution is -2.42. The van der Waals surface area contributed by atoms with E-state index in [0.717, 1.165) is 38.1 Å². The highest BCUT2D eigenvalue weighted by atomic mass is 16.7. The summed E-state index contributed by atoms with van der Waals surface area (Å²) in [5.41, 5.74) is 6.54. The molecule has 4 aromatic carbocycles. The molecule has 7 N–H and O–H groups in total. The molecule has 3 aliphatic rings. The van der Waals surface area contributed by atoms with Gasteiger partial charge in [-0.15, -0.1) is 5.06 Å². The molecule has 1 atom stereocenters. The van der Waals surface area contributed by atoms with Gasteiger partial charge in [-0.3, -0.25) is 33.6 Å². The van der Waals surface area contributed by atoms with Crippen LogP contribution in [0.2, 0.25) is 0 Å². The molecule has 0 aliphatic carbocycles. The number of carbonyl (C=O) groups is 9. The van der Waals surface area contributed by atoms with E-state index in [0.29, 0.717) is 129 Å². The Morgan fingerprint density at radius 2 is 0.899 bits per heavy atom. The van der Waals surface area contributed by atoms with Gasteiger partial charge in [-0.1, -0.05) is 175 Å². The SMILES string of the molecule is Cc1nccn1CCCCCCCC(=O)N[C@@H](CCC(=O)ON1C(=O)CCC1=O)C(=O)OCc1cc2[nH]c1c(-c1ccccc1NC(=O)C(C)(C)C)c1nc(c(-c3ccccc3NC(=O)C(C)(C)C)c3ccc([nH]3)c(-c3ccccc3NC(=O)C(C)(C)C)c3nc(c2-c2ccccc2NC(=O)C(C)(C)C)C=C3)C=C1. The smallest absolute Gasteiger partial charge is 0.333 e. The number of anilines is 4. The van der Waals surface area contributed by atoms with Crippen LogP contribution in [0.1, 0.15) is 181 Å². The topological polar surface area (TPSA) is 311 Å². The lowest BCUT2D eigenvalue weighted by atomic mass is 9.94. The highest BCUT2D eigenvalue weighted by Crippen LogP contribution is 2.45. The fourth-order valence-electron chi connectivity index (χ4n) is 12.7. The van der Waals surface area contributed by atoms with Crippen LogP contribution in [-0.2, 0) is 65.9 Å². The maximum Gasteiger partial charge on any atom is 0.333 e. The van der Waals surface area contributed by atoms with Crippen molar-refractivity contribution in [3.05, 3.63) is 162 Å². The molecule has 0 unspecified atom stereocenters. The molecule has 7 heterocycles. The van der Waals surface area contributed by atoms with Crippen molar-refractivity contribution in [2.24, 2.45) is 21.7 Å². The Kier molecular flexibility index (Phi) is 23.4. The summed E-state index contributed by atoms with van der Waals surface area (Å²) in [6, 6.07) is 33.7. The Balaban J connectivity index is 1.18. The lowest BCUT2D eigenvalue weighted by Gasteiger charge is -2.20. The molecule has 11 rings (SSSR count). The van der Waals surface area contributed by atoms with Gasteiger partial charge in [-0.05, 0) is 93.0 Å². The third-order valence-corrected chi connectivity index (χ3v) is 19.0. The maximum atomic E-state index is 15.2. The van der Waals surface area contributed by atoms with E-state index in [4.69, 9.17) is 19.5 Å². The zero-order valence-electron chi connectivity index (χ0n) is 64.2. The van der Waals surface area contributed by atoms with Gasteiger partial charge in [0.05, 0.1) is 34.7 Å². The minimum absolute atomic E-state index is 0.0452. The summed E-state index contributed by atoms with van der Waals surface area (Å²) in [6.07, 6.45) is 14.0. The van der Waals surface area contributed by atoms with Crippen molar-refractivity contribution < 1.29 is 52.7 Å². The number of unbranched alkanes of at least 4 members (excludes halogenated alkanes) is 4. The summed E-state index contributed by atoms with van der Waals surface area (Å²) in [6.45, 7) is 24.1. The molecule has 566 valence electrons. The second kappa shape index (κ2) is 32.7. The van der Waals surface area contributed by atoms with E-state index in [-0.39, 0.29) is 49.3 Å². The van der Waals surface area contributed by atoms with Crippen LogP contribution in [0.5, 0.6) is 0 Å². The van der Waals surface area contributed by atoms with Crippen LogP contribution >= 0.6 is 0 Å². The van der Waals surface area contributed by atoms with Gasteiger partial charge in [0.2, 0.25) is 29.5 Å². The molecule has 0 saturated carbocycles. The Morgan fingerprint density at radius 3 is 1.33 bits per heavy atom. The first kappa shape index (κ1) is 78.2. The zero-order chi connectivity index (χ0) is 78.3. The Hall–Kier alpha value is -11.9. The van der Waals surface area contributed by atoms with Crippen molar-refractivity contribution in [2.75, 3.05) is 21.3 Å². The quantitative estimate of drug-likeness (QED) is 0.0168. The Morgan fingerprint density at radius 1 is 0.495 bits per heavy atom. The molecule has 1 saturated heterocycles. The van der Waals surface area contributed by atoms with E-state index in [2.05, 4.69) is 46.1 Å². The second-order valence-electron chi connectivity index (χ2n) is 31.8. The highest BCUT2D eigenvalue weighted by molar-refractivity contribution is 6.09. The van der Waals surface area contributed by atoms with Crippen molar-refractivity contribution >= 4 is 122 Å². The third kappa shape index (κ3) is 18.6. The van der Waals surface area contributed by atoms with Gasteiger partial charge in [0.15, 0.2) is 0 Å². The average Bonchev–Trinajstić information content (AvgIpc) is 1.61. The minimum Gasteiger partial charge on any atom is -0.459 e. The predicted octanol–water partition coefficient (Wildman–Crippen LogP) is 16.7. The number of benzene rings is 4.